The van der Waals surface area contributed by atoms with Gasteiger partial charge in [-0.1, -0.05) is 18.2 Å². The summed E-state index contributed by atoms with van der Waals surface area (Å²) in [7, 11) is 0. The van der Waals surface area contributed by atoms with Crippen LogP contribution in [0, 0.1) is 5.82 Å². The quantitative estimate of drug-likeness (QED) is 0.726. The molecule has 0 fully saturated rings. The summed E-state index contributed by atoms with van der Waals surface area (Å²) in [6.07, 6.45) is 1.71. The molecule has 2 N–H and O–H groups in total. The fraction of sp³-hybridized carbons (Fsp3) is 0.0625. The second kappa shape index (κ2) is 4.81. The Kier molecular flexibility index (Phi) is 2.99. The SMILES string of the molecule is Nc1cc(F)cc(Cn2ccc3ccccc3c2=O)c1. The molecule has 1 aromatic heterocycles. The average Bonchev–Trinajstić information content (AvgIpc) is 2.41. The highest BCUT2D eigenvalue weighted by molar-refractivity contribution is 5.81. The summed E-state index contributed by atoms with van der Waals surface area (Å²) in [5.41, 5.74) is 6.54. The molecule has 1 heterocycles. The first-order valence-electron chi connectivity index (χ1n) is 6.26. The largest absolute Gasteiger partial charge is 0.399 e. The van der Waals surface area contributed by atoms with Gasteiger partial charge in [0.1, 0.15) is 5.82 Å². The van der Waals surface area contributed by atoms with Crippen molar-refractivity contribution >= 4 is 16.5 Å². The number of pyridine rings is 1. The first-order chi connectivity index (χ1) is 9.63. The molecular formula is C16H13FN2O. The van der Waals surface area contributed by atoms with Gasteiger partial charge >= 0.3 is 0 Å². The summed E-state index contributed by atoms with van der Waals surface area (Å²) in [5.74, 6) is -0.395. The van der Waals surface area contributed by atoms with E-state index in [9.17, 15) is 9.18 Å². The Morgan fingerprint density at radius 2 is 1.90 bits per heavy atom. The van der Waals surface area contributed by atoms with Gasteiger partial charge in [0, 0.05) is 17.3 Å². The molecule has 100 valence electrons. The molecule has 0 spiro atoms. The fourth-order valence-corrected chi connectivity index (χ4v) is 2.32. The van der Waals surface area contributed by atoms with Gasteiger partial charge in [0.05, 0.1) is 6.54 Å². The van der Waals surface area contributed by atoms with Gasteiger partial charge in [-0.05, 0) is 41.3 Å². The summed E-state index contributed by atoms with van der Waals surface area (Å²) in [6.45, 7) is 0.297. The van der Waals surface area contributed by atoms with Gasteiger partial charge in [-0.2, -0.15) is 0 Å². The van der Waals surface area contributed by atoms with Crippen LogP contribution < -0.4 is 11.3 Å². The monoisotopic (exact) mass is 268 g/mol. The van der Waals surface area contributed by atoms with Crippen molar-refractivity contribution in [1.82, 2.24) is 4.57 Å². The predicted octanol–water partition coefficient (Wildman–Crippen LogP) is 2.77. The standard InChI is InChI=1S/C16H13FN2O/c17-13-7-11(8-14(18)9-13)10-19-6-5-12-3-1-2-4-15(12)16(19)20/h1-9H,10,18H2. The zero-order valence-electron chi connectivity index (χ0n) is 10.7. The minimum atomic E-state index is -0.395. The Bertz CT molecular complexity index is 819. The molecule has 0 saturated heterocycles. The normalized spacial score (nSPS) is 10.8. The van der Waals surface area contributed by atoms with Crippen LogP contribution in [0.1, 0.15) is 5.56 Å². The number of nitrogens with two attached hydrogens (primary N) is 1. The minimum Gasteiger partial charge on any atom is -0.399 e. The topological polar surface area (TPSA) is 48.0 Å². The Morgan fingerprint density at radius 1 is 1.10 bits per heavy atom. The molecule has 0 unspecified atom stereocenters. The lowest BCUT2D eigenvalue weighted by atomic mass is 10.1. The summed E-state index contributed by atoms with van der Waals surface area (Å²) >= 11 is 0. The van der Waals surface area contributed by atoms with Crippen molar-refractivity contribution in [1.29, 1.82) is 0 Å². The van der Waals surface area contributed by atoms with Crippen molar-refractivity contribution in [2.24, 2.45) is 0 Å². The number of nitrogens with zero attached hydrogens (tertiary/aromatic N) is 1. The second-order valence-corrected chi connectivity index (χ2v) is 4.73. The first-order valence-corrected chi connectivity index (χ1v) is 6.26. The molecular weight excluding hydrogens is 255 g/mol. The molecule has 0 atom stereocenters. The number of hydrogen-bond acceptors (Lipinski definition) is 2. The van der Waals surface area contributed by atoms with Crippen molar-refractivity contribution in [2.75, 3.05) is 5.73 Å². The predicted molar refractivity (Wildman–Crippen MR) is 78.1 cm³/mol. The maximum absolute atomic E-state index is 13.3. The highest BCUT2D eigenvalue weighted by atomic mass is 19.1. The van der Waals surface area contributed by atoms with E-state index in [1.54, 1.807) is 22.9 Å². The molecule has 2 aromatic carbocycles. The Labute approximate surface area is 115 Å². The van der Waals surface area contributed by atoms with Gasteiger partial charge in [-0.25, -0.2) is 4.39 Å². The average molecular weight is 268 g/mol. The van der Waals surface area contributed by atoms with Gasteiger partial charge in [-0.15, -0.1) is 0 Å². The molecule has 0 aliphatic rings. The van der Waals surface area contributed by atoms with Crippen molar-refractivity contribution in [3.8, 4) is 0 Å². The highest BCUT2D eigenvalue weighted by Gasteiger charge is 2.04. The lowest BCUT2D eigenvalue weighted by molar-refractivity contribution is 0.623. The van der Waals surface area contributed by atoms with Crippen LogP contribution in [0.4, 0.5) is 10.1 Å². The van der Waals surface area contributed by atoms with Gasteiger partial charge in [0.15, 0.2) is 0 Å². The highest BCUT2D eigenvalue weighted by Crippen LogP contribution is 2.13. The van der Waals surface area contributed by atoms with E-state index in [1.165, 1.54) is 12.1 Å². The van der Waals surface area contributed by atoms with Crippen LogP contribution >= 0.6 is 0 Å². The van der Waals surface area contributed by atoms with Crippen LogP contribution in [0.3, 0.4) is 0 Å². The molecule has 3 nitrogen and oxygen atoms in total. The molecule has 0 saturated carbocycles. The molecule has 0 aliphatic heterocycles. The summed E-state index contributed by atoms with van der Waals surface area (Å²) in [4.78, 5) is 12.3. The molecule has 0 bridgehead atoms. The maximum Gasteiger partial charge on any atom is 0.258 e. The fourth-order valence-electron chi connectivity index (χ4n) is 2.32. The van der Waals surface area contributed by atoms with Gasteiger partial charge < -0.3 is 10.3 Å². The zero-order chi connectivity index (χ0) is 14.1. The smallest absolute Gasteiger partial charge is 0.258 e. The van der Waals surface area contributed by atoms with Crippen LogP contribution in [-0.2, 0) is 6.54 Å². The van der Waals surface area contributed by atoms with E-state index in [1.807, 2.05) is 24.3 Å². The van der Waals surface area contributed by atoms with E-state index in [2.05, 4.69) is 0 Å². The van der Waals surface area contributed by atoms with Crippen molar-refractivity contribution in [2.45, 2.75) is 6.54 Å². The Balaban J connectivity index is 2.07. The Hall–Kier alpha value is -2.62. The molecule has 0 aliphatic carbocycles. The molecule has 20 heavy (non-hydrogen) atoms. The number of nitrogen functional groups attached to an aromatic ring is 1. The van der Waals surface area contributed by atoms with E-state index in [0.29, 0.717) is 23.2 Å². The maximum atomic E-state index is 13.3. The number of fused-ring (bicyclic) bond motifs is 1. The molecule has 3 rings (SSSR count). The number of hydrogen-bond donors (Lipinski definition) is 1. The summed E-state index contributed by atoms with van der Waals surface area (Å²) < 4.78 is 14.9. The van der Waals surface area contributed by atoms with E-state index in [0.717, 1.165) is 5.39 Å². The molecule has 0 radical (unpaired) electrons. The third-order valence-electron chi connectivity index (χ3n) is 3.22. The lowest BCUT2D eigenvalue weighted by Gasteiger charge is -2.08. The minimum absolute atomic E-state index is 0.0917. The molecule has 3 aromatic rings. The molecule has 4 heteroatoms. The number of rotatable bonds is 2. The van der Waals surface area contributed by atoms with E-state index in [4.69, 9.17) is 5.73 Å². The first kappa shape index (κ1) is 12.4. The third kappa shape index (κ3) is 2.28. The van der Waals surface area contributed by atoms with Crippen molar-refractivity contribution in [3.63, 3.8) is 0 Å². The van der Waals surface area contributed by atoms with Crippen LogP contribution in [0.15, 0.2) is 59.5 Å². The van der Waals surface area contributed by atoms with Crippen LogP contribution in [-0.4, -0.2) is 4.57 Å². The van der Waals surface area contributed by atoms with Crippen LogP contribution in [0.25, 0.3) is 10.8 Å². The second-order valence-electron chi connectivity index (χ2n) is 4.73. The summed E-state index contributed by atoms with van der Waals surface area (Å²) in [6, 6.07) is 13.6. The number of halogens is 1. The van der Waals surface area contributed by atoms with E-state index >= 15 is 0 Å². The van der Waals surface area contributed by atoms with Gasteiger partial charge in [-0.3, -0.25) is 4.79 Å². The number of benzene rings is 2. The van der Waals surface area contributed by atoms with E-state index in [-0.39, 0.29) is 5.56 Å². The van der Waals surface area contributed by atoms with Crippen molar-refractivity contribution < 1.29 is 4.39 Å². The van der Waals surface area contributed by atoms with Gasteiger partial charge in [0.2, 0.25) is 0 Å². The lowest BCUT2D eigenvalue weighted by Crippen LogP contribution is -2.20. The number of anilines is 1. The summed E-state index contributed by atoms with van der Waals surface area (Å²) in [5, 5.41) is 1.55. The molecule has 0 amide bonds. The van der Waals surface area contributed by atoms with Gasteiger partial charge in [0.25, 0.3) is 5.56 Å². The zero-order valence-corrected chi connectivity index (χ0v) is 10.7. The van der Waals surface area contributed by atoms with Crippen LogP contribution in [0.2, 0.25) is 0 Å². The van der Waals surface area contributed by atoms with E-state index < -0.39 is 5.82 Å². The number of aromatic nitrogens is 1. The van der Waals surface area contributed by atoms with Crippen LogP contribution in [0.5, 0.6) is 0 Å². The third-order valence-corrected chi connectivity index (χ3v) is 3.22. The van der Waals surface area contributed by atoms with Crippen molar-refractivity contribution in [3.05, 3.63) is 76.5 Å². The Morgan fingerprint density at radius 3 is 2.70 bits per heavy atom.